The molecule has 5 nitrogen and oxygen atoms in total. The second-order valence-electron chi connectivity index (χ2n) is 5.38. The van der Waals surface area contributed by atoms with Crippen molar-refractivity contribution in [1.29, 1.82) is 0 Å². The lowest BCUT2D eigenvalue weighted by Gasteiger charge is -2.35. The van der Waals surface area contributed by atoms with Crippen LogP contribution in [-0.2, 0) is 0 Å². The van der Waals surface area contributed by atoms with Crippen LogP contribution in [0.2, 0.25) is 0 Å². The Labute approximate surface area is 104 Å². The molecule has 0 saturated carbocycles. The van der Waals surface area contributed by atoms with Crippen LogP contribution in [0.15, 0.2) is 6.20 Å². The average molecular weight is 252 g/mol. The van der Waals surface area contributed by atoms with Crippen molar-refractivity contribution in [3.63, 3.8) is 0 Å². The summed E-state index contributed by atoms with van der Waals surface area (Å²) in [5.74, 6) is 1.24. The molecule has 2 saturated heterocycles. The second-order valence-corrected chi connectivity index (χ2v) is 6.16. The normalized spacial score (nSPS) is 30.6. The monoisotopic (exact) mass is 252 g/mol. The Balaban J connectivity index is 1.87. The highest BCUT2D eigenvalue weighted by Gasteiger charge is 2.51. The van der Waals surface area contributed by atoms with Crippen LogP contribution in [0, 0.1) is 11.8 Å². The first-order valence-electron chi connectivity index (χ1n) is 5.90. The molecule has 0 spiro atoms. The third-order valence-electron chi connectivity index (χ3n) is 4.18. The van der Waals surface area contributed by atoms with Gasteiger partial charge in [-0.3, -0.25) is 4.79 Å². The quantitative estimate of drug-likeness (QED) is 0.795. The minimum Gasteiger partial charge on any atom is -0.332 e. The van der Waals surface area contributed by atoms with Crippen molar-refractivity contribution in [1.82, 2.24) is 19.8 Å². The van der Waals surface area contributed by atoms with Gasteiger partial charge in [-0.15, -0.1) is 5.10 Å². The van der Waals surface area contributed by atoms with Crippen molar-refractivity contribution in [2.75, 3.05) is 19.6 Å². The molecule has 0 radical (unpaired) electrons. The molecule has 2 fully saturated rings. The zero-order chi connectivity index (χ0) is 12.0. The molecule has 0 aliphatic carbocycles. The van der Waals surface area contributed by atoms with Crippen molar-refractivity contribution in [2.45, 2.75) is 19.4 Å². The smallest absolute Gasteiger partial charge is 0.267 e. The number of nitrogens with one attached hydrogen (secondary N) is 1. The summed E-state index contributed by atoms with van der Waals surface area (Å²) in [5.41, 5.74) is -0.0742. The van der Waals surface area contributed by atoms with Gasteiger partial charge in [0.05, 0.1) is 6.20 Å². The van der Waals surface area contributed by atoms with E-state index in [1.807, 2.05) is 4.90 Å². The number of amides is 1. The van der Waals surface area contributed by atoms with E-state index in [0.29, 0.717) is 16.7 Å². The van der Waals surface area contributed by atoms with E-state index in [2.05, 4.69) is 28.8 Å². The Morgan fingerprint density at radius 1 is 1.59 bits per heavy atom. The van der Waals surface area contributed by atoms with Gasteiger partial charge in [-0.1, -0.05) is 4.49 Å². The number of likely N-dealkylation sites (tertiary alicyclic amines) is 1. The van der Waals surface area contributed by atoms with E-state index in [1.165, 1.54) is 11.5 Å². The van der Waals surface area contributed by atoms with Gasteiger partial charge >= 0.3 is 0 Å². The van der Waals surface area contributed by atoms with Gasteiger partial charge in [-0.25, -0.2) is 0 Å². The van der Waals surface area contributed by atoms with Crippen LogP contribution in [0.4, 0.5) is 0 Å². The van der Waals surface area contributed by atoms with E-state index in [0.717, 1.165) is 19.6 Å². The molecule has 3 rings (SSSR count). The Kier molecular flexibility index (Phi) is 2.45. The number of nitrogens with zero attached hydrogens (tertiary/aromatic N) is 3. The molecular formula is C11H16N4OS. The molecule has 2 atom stereocenters. The summed E-state index contributed by atoms with van der Waals surface area (Å²) < 4.78 is 3.77. The fourth-order valence-electron chi connectivity index (χ4n) is 3.16. The van der Waals surface area contributed by atoms with Gasteiger partial charge < -0.3 is 10.2 Å². The van der Waals surface area contributed by atoms with Gasteiger partial charge in [0, 0.05) is 25.2 Å². The third-order valence-corrected chi connectivity index (χ3v) is 4.83. The molecule has 0 bridgehead atoms. The van der Waals surface area contributed by atoms with Crippen LogP contribution in [0.25, 0.3) is 0 Å². The number of carbonyl (C=O) groups is 1. The number of rotatable bonds is 1. The number of hydrogen-bond donors (Lipinski definition) is 1. The molecule has 2 aliphatic rings. The van der Waals surface area contributed by atoms with Crippen LogP contribution in [0.3, 0.4) is 0 Å². The lowest BCUT2D eigenvalue weighted by molar-refractivity contribution is 0.0608. The van der Waals surface area contributed by atoms with E-state index in [1.54, 1.807) is 6.20 Å². The van der Waals surface area contributed by atoms with E-state index in [-0.39, 0.29) is 11.4 Å². The second kappa shape index (κ2) is 3.74. The van der Waals surface area contributed by atoms with Crippen molar-refractivity contribution in [3.05, 3.63) is 11.1 Å². The van der Waals surface area contributed by atoms with Gasteiger partial charge in [0.25, 0.3) is 5.91 Å². The van der Waals surface area contributed by atoms with E-state index < -0.39 is 0 Å². The summed E-state index contributed by atoms with van der Waals surface area (Å²) in [7, 11) is 0. The zero-order valence-electron chi connectivity index (χ0n) is 10.0. The molecule has 0 aromatic carbocycles. The number of carbonyl (C=O) groups excluding carboxylic acids is 1. The molecule has 2 unspecified atom stereocenters. The highest BCUT2D eigenvalue weighted by molar-refractivity contribution is 7.07. The predicted octanol–water partition coefficient (Wildman–Crippen LogP) is 0.608. The molecule has 1 N–H and O–H groups in total. The maximum Gasteiger partial charge on any atom is 0.267 e. The summed E-state index contributed by atoms with van der Waals surface area (Å²) in [5, 5.41) is 7.16. The molecule has 1 amide bonds. The summed E-state index contributed by atoms with van der Waals surface area (Å²) in [6.07, 6.45) is 1.56. The number of aromatic nitrogens is 2. The average Bonchev–Trinajstić information content (AvgIpc) is 2.97. The Morgan fingerprint density at radius 3 is 3.06 bits per heavy atom. The van der Waals surface area contributed by atoms with Gasteiger partial charge in [0.1, 0.15) is 4.88 Å². The highest BCUT2D eigenvalue weighted by atomic mass is 32.1. The summed E-state index contributed by atoms with van der Waals surface area (Å²) in [6.45, 7) is 7.22. The van der Waals surface area contributed by atoms with Gasteiger partial charge in [0.15, 0.2) is 0 Å². The van der Waals surface area contributed by atoms with Crippen LogP contribution in [0.5, 0.6) is 0 Å². The Hall–Kier alpha value is -1.01. The van der Waals surface area contributed by atoms with Crippen molar-refractivity contribution >= 4 is 17.4 Å². The fourth-order valence-corrected chi connectivity index (χ4v) is 3.63. The molecule has 3 heterocycles. The van der Waals surface area contributed by atoms with Gasteiger partial charge in [-0.2, -0.15) is 0 Å². The summed E-state index contributed by atoms with van der Waals surface area (Å²) in [4.78, 5) is 15.0. The first kappa shape index (κ1) is 11.1. The highest BCUT2D eigenvalue weighted by Crippen LogP contribution is 2.41. The minimum atomic E-state index is -0.0742. The molecule has 1 aromatic rings. The maximum atomic E-state index is 12.4. The topological polar surface area (TPSA) is 58.1 Å². The van der Waals surface area contributed by atoms with Gasteiger partial charge in [-0.05, 0) is 37.2 Å². The van der Waals surface area contributed by atoms with Gasteiger partial charge in [0.2, 0.25) is 0 Å². The molecule has 2 aliphatic heterocycles. The van der Waals surface area contributed by atoms with E-state index >= 15 is 0 Å². The summed E-state index contributed by atoms with van der Waals surface area (Å²) in [6, 6.07) is 0. The molecular weight excluding hydrogens is 236 g/mol. The number of hydrogen-bond acceptors (Lipinski definition) is 5. The standard InChI is InChI=1S/C11H16N4OS/c1-11(2)8-4-12-3-7(8)6-15(11)10(16)9-5-13-14-17-9/h5,7-8,12H,3-4,6H2,1-2H3. The maximum absolute atomic E-state index is 12.4. The summed E-state index contributed by atoms with van der Waals surface area (Å²) >= 11 is 1.18. The lowest BCUT2D eigenvalue weighted by atomic mass is 9.85. The zero-order valence-corrected chi connectivity index (χ0v) is 10.8. The SMILES string of the molecule is CC1(C)C2CNCC2CN1C(=O)c1cnns1. The molecule has 6 heteroatoms. The molecule has 92 valence electrons. The van der Waals surface area contributed by atoms with Crippen molar-refractivity contribution in [3.8, 4) is 0 Å². The van der Waals surface area contributed by atoms with Crippen molar-refractivity contribution < 1.29 is 4.79 Å². The number of fused-ring (bicyclic) bond motifs is 1. The van der Waals surface area contributed by atoms with Crippen LogP contribution >= 0.6 is 11.5 Å². The Morgan fingerprint density at radius 2 is 2.41 bits per heavy atom. The van der Waals surface area contributed by atoms with Crippen LogP contribution < -0.4 is 5.32 Å². The predicted molar refractivity (Wildman–Crippen MR) is 64.9 cm³/mol. The fraction of sp³-hybridized carbons (Fsp3) is 0.727. The minimum absolute atomic E-state index is 0.0742. The van der Waals surface area contributed by atoms with Crippen LogP contribution in [-0.4, -0.2) is 45.6 Å². The third kappa shape index (κ3) is 1.58. The molecule has 17 heavy (non-hydrogen) atoms. The van der Waals surface area contributed by atoms with Crippen molar-refractivity contribution in [2.24, 2.45) is 11.8 Å². The Bertz CT molecular complexity index is 431. The first-order chi connectivity index (χ1) is 8.10. The van der Waals surface area contributed by atoms with Crippen LogP contribution in [0.1, 0.15) is 23.5 Å². The van der Waals surface area contributed by atoms with E-state index in [4.69, 9.17) is 0 Å². The molecule has 1 aromatic heterocycles. The lowest BCUT2D eigenvalue weighted by Crippen LogP contribution is -2.47. The first-order valence-corrected chi connectivity index (χ1v) is 6.68. The largest absolute Gasteiger partial charge is 0.332 e. The van der Waals surface area contributed by atoms with E-state index in [9.17, 15) is 4.79 Å².